The maximum absolute atomic E-state index is 12.5. The molecule has 1 N–H and O–H groups in total. The molecule has 0 radical (unpaired) electrons. The molecule has 2 fully saturated rings. The average Bonchev–Trinajstić information content (AvgIpc) is 2.77. The molecular formula is C14H26N4O2. The van der Waals surface area contributed by atoms with Crippen molar-refractivity contribution in [2.45, 2.75) is 19.4 Å². The minimum absolute atomic E-state index is 0.119. The van der Waals surface area contributed by atoms with Gasteiger partial charge in [-0.25, -0.2) is 0 Å². The average molecular weight is 282 g/mol. The van der Waals surface area contributed by atoms with Crippen LogP contribution in [0.4, 0.5) is 0 Å². The molecule has 0 saturated carbocycles. The van der Waals surface area contributed by atoms with E-state index in [1.54, 1.807) is 0 Å². The predicted molar refractivity (Wildman–Crippen MR) is 77.3 cm³/mol. The number of nitrogens with one attached hydrogen (secondary N) is 1. The lowest BCUT2D eigenvalue weighted by Crippen LogP contribution is -2.54. The van der Waals surface area contributed by atoms with Crippen LogP contribution in [0.3, 0.4) is 0 Å². The second kappa shape index (κ2) is 6.54. The highest BCUT2D eigenvalue weighted by molar-refractivity contribution is 5.89. The minimum atomic E-state index is -0.148. The molecule has 0 bridgehead atoms. The SMILES string of the molecule is C[C@H]1CNCCN1C(=O)[C@H]1CC(=O)N(CCN(C)C)C1. The number of amides is 2. The predicted octanol–water partition coefficient (Wildman–Crippen LogP) is -0.783. The minimum Gasteiger partial charge on any atom is -0.341 e. The first-order chi connectivity index (χ1) is 9.49. The highest BCUT2D eigenvalue weighted by Crippen LogP contribution is 2.21. The first-order valence-corrected chi connectivity index (χ1v) is 7.42. The summed E-state index contributed by atoms with van der Waals surface area (Å²) in [4.78, 5) is 30.4. The summed E-state index contributed by atoms with van der Waals surface area (Å²) in [5.74, 6) is 0.123. The van der Waals surface area contributed by atoms with Gasteiger partial charge in [0.15, 0.2) is 0 Å². The van der Waals surface area contributed by atoms with Crippen LogP contribution >= 0.6 is 0 Å². The first kappa shape index (κ1) is 15.3. The van der Waals surface area contributed by atoms with E-state index >= 15 is 0 Å². The van der Waals surface area contributed by atoms with Gasteiger partial charge in [0.1, 0.15) is 0 Å². The molecule has 6 heteroatoms. The molecular weight excluding hydrogens is 256 g/mol. The standard InChI is InChI=1S/C14H26N4O2/c1-11-9-15-4-5-18(11)14(20)12-8-13(19)17(10-12)7-6-16(2)3/h11-12,15H,4-10H2,1-3H3/t11-,12-/m0/s1. The van der Waals surface area contributed by atoms with Crippen LogP contribution in [-0.2, 0) is 9.59 Å². The van der Waals surface area contributed by atoms with Gasteiger partial charge in [0, 0.05) is 51.7 Å². The van der Waals surface area contributed by atoms with E-state index < -0.39 is 0 Å². The van der Waals surface area contributed by atoms with Crippen LogP contribution in [-0.4, -0.2) is 85.9 Å². The molecule has 2 rings (SSSR count). The van der Waals surface area contributed by atoms with Crippen molar-refractivity contribution in [2.75, 3.05) is 53.4 Å². The van der Waals surface area contributed by atoms with Crippen LogP contribution in [0.5, 0.6) is 0 Å². The van der Waals surface area contributed by atoms with E-state index in [1.807, 2.05) is 23.9 Å². The van der Waals surface area contributed by atoms with Crippen molar-refractivity contribution >= 4 is 11.8 Å². The quantitative estimate of drug-likeness (QED) is 0.735. The lowest BCUT2D eigenvalue weighted by molar-refractivity contribution is -0.138. The molecule has 2 atom stereocenters. The van der Waals surface area contributed by atoms with Gasteiger partial charge in [0.05, 0.1) is 5.92 Å². The number of rotatable bonds is 4. The second-order valence-corrected chi connectivity index (χ2v) is 6.13. The summed E-state index contributed by atoms with van der Waals surface area (Å²) in [5.41, 5.74) is 0. The van der Waals surface area contributed by atoms with E-state index in [4.69, 9.17) is 0 Å². The number of hydrogen-bond acceptors (Lipinski definition) is 4. The van der Waals surface area contributed by atoms with Gasteiger partial charge in [-0.05, 0) is 21.0 Å². The Balaban J connectivity index is 1.90. The van der Waals surface area contributed by atoms with E-state index in [0.29, 0.717) is 19.5 Å². The lowest BCUT2D eigenvalue weighted by Gasteiger charge is -2.35. The largest absolute Gasteiger partial charge is 0.341 e. The molecule has 2 saturated heterocycles. The zero-order valence-electron chi connectivity index (χ0n) is 12.8. The molecule has 0 aromatic carbocycles. The molecule has 0 aromatic heterocycles. The van der Waals surface area contributed by atoms with Crippen LogP contribution in [0.25, 0.3) is 0 Å². The number of piperazine rings is 1. The zero-order valence-corrected chi connectivity index (χ0v) is 12.8. The third kappa shape index (κ3) is 3.49. The van der Waals surface area contributed by atoms with Crippen molar-refractivity contribution in [3.8, 4) is 0 Å². The van der Waals surface area contributed by atoms with Crippen molar-refractivity contribution in [3.63, 3.8) is 0 Å². The Bertz CT molecular complexity index is 372. The molecule has 0 unspecified atom stereocenters. The topological polar surface area (TPSA) is 55.9 Å². The van der Waals surface area contributed by atoms with Crippen molar-refractivity contribution < 1.29 is 9.59 Å². The summed E-state index contributed by atoms with van der Waals surface area (Å²) in [7, 11) is 3.98. The summed E-state index contributed by atoms with van der Waals surface area (Å²) < 4.78 is 0. The Morgan fingerprint density at radius 2 is 2.20 bits per heavy atom. The Kier molecular flexibility index (Phi) is 4.99. The maximum Gasteiger partial charge on any atom is 0.228 e. The summed E-state index contributed by atoms with van der Waals surface area (Å²) in [6.07, 6.45) is 0.378. The number of nitrogens with zero attached hydrogens (tertiary/aromatic N) is 3. The van der Waals surface area contributed by atoms with E-state index in [0.717, 1.165) is 26.2 Å². The van der Waals surface area contributed by atoms with Gasteiger partial charge in [-0.15, -0.1) is 0 Å². The van der Waals surface area contributed by atoms with E-state index in [-0.39, 0.29) is 23.8 Å². The fourth-order valence-corrected chi connectivity index (χ4v) is 2.88. The van der Waals surface area contributed by atoms with Crippen LogP contribution in [0.1, 0.15) is 13.3 Å². The number of carbonyl (C=O) groups excluding carboxylic acids is 2. The lowest BCUT2D eigenvalue weighted by atomic mass is 10.1. The first-order valence-electron chi connectivity index (χ1n) is 7.42. The second-order valence-electron chi connectivity index (χ2n) is 6.13. The Morgan fingerprint density at radius 1 is 1.45 bits per heavy atom. The fraction of sp³-hybridized carbons (Fsp3) is 0.857. The highest BCUT2D eigenvalue weighted by Gasteiger charge is 2.37. The Hall–Kier alpha value is -1.14. The summed E-state index contributed by atoms with van der Waals surface area (Å²) in [6, 6.07) is 0.224. The van der Waals surface area contributed by atoms with Gasteiger partial charge in [0.25, 0.3) is 0 Å². The summed E-state index contributed by atoms with van der Waals surface area (Å²) >= 11 is 0. The van der Waals surface area contributed by atoms with Crippen molar-refractivity contribution in [2.24, 2.45) is 5.92 Å². The Labute approximate surface area is 121 Å². The molecule has 2 amide bonds. The molecule has 2 aliphatic heterocycles. The third-order valence-electron chi connectivity index (χ3n) is 4.17. The van der Waals surface area contributed by atoms with Gasteiger partial charge < -0.3 is 20.0 Å². The molecule has 0 aliphatic carbocycles. The third-order valence-corrected chi connectivity index (χ3v) is 4.17. The molecule has 20 heavy (non-hydrogen) atoms. The van der Waals surface area contributed by atoms with Crippen molar-refractivity contribution in [3.05, 3.63) is 0 Å². The van der Waals surface area contributed by atoms with E-state index in [9.17, 15) is 9.59 Å². The maximum atomic E-state index is 12.5. The van der Waals surface area contributed by atoms with Crippen LogP contribution in [0.15, 0.2) is 0 Å². The fourth-order valence-electron chi connectivity index (χ4n) is 2.88. The van der Waals surface area contributed by atoms with Crippen LogP contribution in [0, 0.1) is 5.92 Å². The van der Waals surface area contributed by atoms with Gasteiger partial charge in [-0.2, -0.15) is 0 Å². The highest BCUT2D eigenvalue weighted by atomic mass is 16.2. The van der Waals surface area contributed by atoms with Gasteiger partial charge >= 0.3 is 0 Å². The van der Waals surface area contributed by atoms with Gasteiger partial charge in [-0.3, -0.25) is 9.59 Å². The van der Waals surface area contributed by atoms with Gasteiger partial charge in [0.2, 0.25) is 11.8 Å². The van der Waals surface area contributed by atoms with E-state index in [1.165, 1.54) is 0 Å². The molecule has 2 heterocycles. The van der Waals surface area contributed by atoms with Crippen molar-refractivity contribution in [1.82, 2.24) is 20.0 Å². The molecule has 6 nitrogen and oxygen atoms in total. The number of carbonyl (C=O) groups is 2. The molecule has 0 aromatic rings. The number of likely N-dealkylation sites (tertiary alicyclic amines) is 1. The summed E-state index contributed by atoms with van der Waals surface area (Å²) in [5, 5.41) is 3.28. The smallest absolute Gasteiger partial charge is 0.228 e. The zero-order chi connectivity index (χ0) is 14.7. The molecule has 0 spiro atoms. The summed E-state index contributed by atoms with van der Waals surface area (Å²) in [6.45, 7) is 6.65. The van der Waals surface area contributed by atoms with Gasteiger partial charge in [-0.1, -0.05) is 0 Å². The number of likely N-dealkylation sites (N-methyl/N-ethyl adjacent to an activating group) is 1. The molecule has 114 valence electrons. The van der Waals surface area contributed by atoms with Crippen LogP contribution in [0.2, 0.25) is 0 Å². The monoisotopic (exact) mass is 282 g/mol. The number of hydrogen-bond donors (Lipinski definition) is 1. The normalized spacial score (nSPS) is 27.5. The Morgan fingerprint density at radius 3 is 2.85 bits per heavy atom. The van der Waals surface area contributed by atoms with E-state index in [2.05, 4.69) is 17.1 Å². The molecule has 2 aliphatic rings. The van der Waals surface area contributed by atoms with Crippen LogP contribution < -0.4 is 5.32 Å². The van der Waals surface area contributed by atoms with Crippen molar-refractivity contribution in [1.29, 1.82) is 0 Å².